The van der Waals surface area contributed by atoms with Crippen LogP contribution in [0.5, 0.6) is 0 Å². The molecule has 0 aliphatic rings. The van der Waals surface area contributed by atoms with Gasteiger partial charge in [0.2, 0.25) is 0 Å². The summed E-state index contributed by atoms with van der Waals surface area (Å²) in [5, 5.41) is 12.3. The molecule has 3 heteroatoms. The molecule has 0 spiro atoms. The van der Waals surface area contributed by atoms with E-state index in [9.17, 15) is 9.90 Å². The highest BCUT2D eigenvalue weighted by atomic mass is 16.4. The Bertz CT molecular complexity index is 335. The maximum absolute atomic E-state index is 11.2. The van der Waals surface area contributed by atoms with E-state index in [0.717, 1.165) is 24.9 Å². The van der Waals surface area contributed by atoms with Gasteiger partial charge in [0, 0.05) is 0 Å². The van der Waals surface area contributed by atoms with E-state index in [1.807, 2.05) is 30.3 Å². The molecule has 1 aromatic carbocycles. The molecule has 1 unspecified atom stereocenters. The summed E-state index contributed by atoms with van der Waals surface area (Å²) in [5.41, 5.74) is 0.810. The summed E-state index contributed by atoms with van der Waals surface area (Å²) >= 11 is 0. The highest BCUT2D eigenvalue weighted by Gasteiger charge is 2.17. The first-order valence-electron chi connectivity index (χ1n) is 6.12. The van der Waals surface area contributed by atoms with Crippen LogP contribution in [0, 0.1) is 5.92 Å². The minimum Gasteiger partial charge on any atom is -0.480 e. The molecule has 0 saturated heterocycles. The van der Waals surface area contributed by atoms with Crippen LogP contribution in [0.25, 0.3) is 0 Å². The van der Waals surface area contributed by atoms with E-state index < -0.39 is 12.0 Å². The van der Waals surface area contributed by atoms with E-state index in [0.29, 0.717) is 5.92 Å². The van der Waals surface area contributed by atoms with E-state index >= 15 is 0 Å². The molecule has 0 aromatic heterocycles. The van der Waals surface area contributed by atoms with Crippen LogP contribution in [0.3, 0.4) is 0 Å². The molecule has 0 aliphatic carbocycles. The van der Waals surface area contributed by atoms with Gasteiger partial charge >= 0.3 is 5.97 Å². The zero-order valence-electron chi connectivity index (χ0n) is 10.5. The van der Waals surface area contributed by atoms with Gasteiger partial charge in [0.15, 0.2) is 0 Å². The molecule has 0 radical (unpaired) electrons. The number of nitrogens with one attached hydrogen (secondary N) is 1. The van der Waals surface area contributed by atoms with Crippen LogP contribution in [0.2, 0.25) is 0 Å². The van der Waals surface area contributed by atoms with Crippen molar-refractivity contribution in [2.75, 3.05) is 6.54 Å². The molecule has 0 fully saturated rings. The fourth-order valence-corrected chi connectivity index (χ4v) is 1.75. The van der Waals surface area contributed by atoms with E-state index in [1.165, 1.54) is 0 Å². The number of aliphatic carboxylic acids is 1. The standard InChI is InChI=1S/C14H21NO2/c1-11(2)7-6-10-15-13(14(16)17)12-8-4-3-5-9-12/h3-5,8-9,11,13,15H,6-7,10H2,1-2H3,(H,16,17). The van der Waals surface area contributed by atoms with Gasteiger partial charge in [-0.3, -0.25) is 4.79 Å². The summed E-state index contributed by atoms with van der Waals surface area (Å²) < 4.78 is 0. The number of rotatable bonds is 7. The third-order valence-electron chi connectivity index (χ3n) is 2.69. The van der Waals surface area contributed by atoms with Gasteiger partial charge in [-0.05, 0) is 30.9 Å². The van der Waals surface area contributed by atoms with E-state index in [2.05, 4.69) is 19.2 Å². The quantitative estimate of drug-likeness (QED) is 0.714. The van der Waals surface area contributed by atoms with Crippen LogP contribution in [0.15, 0.2) is 30.3 Å². The van der Waals surface area contributed by atoms with Crippen molar-refractivity contribution in [2.24, 2.45) is 5.92 Å². The second-order valence-corrected chi connectivity index (χ2v) is 4.67. The number of carbonyl (C=O) groups is 1. The lowest BCUT2D eigenvalue weighted by Crippen LogP contribution is -2.29. The Morgan fingerprint density at radius 1 is 1.29 bits per heavy atom. The van der Waals surface area contributed by atoms with Gasteiger partial charge in [0.1, 0.15) is 6.04 Å². The van der Waals surface area contributed by atoms with Crippen LogP contribution in [0.4, 0.5) is 0 Å². The Labute approximate surface area is 103 Å². The fraction of sp³-hybridized carbons (Fsp3) is 0.500. The first-order chi connectivity index (χ1) is 8.11. The second kappa shape index (κ2) is 7.07. The highest BCUT2D eigenvalue weighted by Crippen LogP contribution is 2.13. The van der Waals surface area contributed by atoms with E-state index in [1.54, 1.807) is 0 Å². The Morgan fingerprint density at radius 2 is 1.94 bits per heavy atom. The molecule has 0 saturated carbocycles. The van der Waals surface area contributed by atoms with Gasteiger partial charge < -0.3 is 10.4 Å². The molecule has 1 aromatic rings. The molecule has 0 aliphatic heterocycles. The number of benzene rings is 1. The van der Waals surface area contributed by atoms with Crippen LogP contribution in [-0.2, 0) is 4.79 Å². The highest BCUT2D eigenvalue weighted by molar-refractivity contribution is 5.75. The summed E-state index contributed by atoms with van der Waals surface area (Å²) in [4.78, 5) is 11.2. The number of hydrogen-bond donors (Lipinski definition) is 2. The van der Waals surface area contributed by atoms with Gasteiger partial charge in [0.05, 0.1) is 0 Å². The van der Waals surface area contributed by atoms with Crippen molar-refractivity contribution in [3.8, 4) is 0 Å². The zero-order chi connectivity index (χ0) is 12.7. The zero-order valence-corrected chi connectivity index (χ0v) is 10.5. The Balaban J connectivity index is 2.48. The molecular formula is C14H21NO2. The molecule has 2 N–H and O–H groups in total. The van der Waals surface area contributed by atoms with Crippen molar-refractivity contribution in [1.82, 2.24) is 5.32 Å². The summed E-state index contributed by atoms with van der Waals surface area (Å²) in [6.45, 7) is 5.09. The molecule has 0 bridgehead atoms. The van der Waals surface area contributed by atoms with Crippen molar-refractivity contribution in [1.29, 1.82) is 0 Å². The predicted molar refractivity (Wildman–Crippen MR) is 68.9 cm³/mol. The summed E-state index contributed by atoms with van der Waals surface area (Å²) in [7, 11) is 0. The molecule has 3 nitrogen and oxygen atoms in total. The van der Waals surface area contributed by atoms with Crippen LogP contribution >= 0.6 is 0 Å². The first kappa shape index (κ1) is 13.7. The number of hydrogen-bond acceptors (Lipinski definition) is 2. The van der Waals surface area contributed by atoms with Gasteiger partial charge in [0.25, 0.3) is 0 Å². The van der Waals surface area contributed by atoms with Crippen molar-refractivity contribution in [3.05, 3.63) is 35.9 Å². The van der Waals surface area contributed by atoms with Gasteiger partial charge in [-0.1, -0.05) is 44.2 Å². The van der Waals surface area contributed by atoms with Crippen LogP contribution in [-0.4, -0.2) is 17.6 Å². The van der Waals surface area contributed by atoms with Crippen molar-refractivity contribution >= 4 is 5.97 Å². The minimum atomic E-state index is -0.819. The Morgan fingerprint density at radius 3 is 2.47 bits per heavy atom. The monoisotopic (exact) mass is 235 g/mol. The Hall–Kier alpha value is -1.35. The molecular weight excluding hydrogens is 214 g/mol. The SMILES string of the molecule is CC(C)CCCNC(C(=O)O)c1ccccc1. The van der Waals surface area contributed by atoms with Crippen molar-refractivity contribution < 1.29 is 9.90 Å². The van der Waals surface area contributed by atoms with Crippen LogP contribution in [0.1, 0.15) is 38.3 Å². The molecule has 0 amide bonds. The topological polar surface area (TPSA) is 49.3 Å². The second-order valence-electron chi connectivity index (χ2n) is 4.67. The largest absolute Gasteiger partial charge is 0.480 e. The average Bonchev–Trinajstić information content (AvgIpc) is 2.29. The summed E-state index contributed by atoms with van der Waals surface area (Å²) in [6, 6.07) is 8.70. The molecule has 0 heterocycles. The lowest BCUT2D eigenvalue weighted by Gasteiger charge is -2.15. The number of carboxylic acid groups (broad SMARTS) is 1. The lowest BCUT2D eigenvalue weighted by atomic mass is 10.1. The minimum absolute atomic E-state index is 0.594. The fourth-order valence-electron chi connectivity index (χ4n) is 1.75. The summed E-state index contributed by atoms with van der Waals surface area (Å²) in [5.74, 6) is -0.155. The normalized spacial score (nSPS) is 12.6. The maximum atomic E-state index is 11.2. The third kappa shape index (κ3) is 5.00. The molecule has 94 valence electrons. The number of carboxylic acids is 1. The Kier molecular flexibility index (Phi) is 5.70. The van der Waals surface area contributed by atoms with Crippen LogP contribution < -0.4 is 5.32 Å². The van der Waals surface area contributed by atoms with E-state index in [-0.39, 0.29) is 0 Å². The maximum Gasteiger partial charge on any atom is 0.325 e. The third-order valence-corrected chi connectivity index (χ3v) is 2.69. The lowest BCUT2D eigenvalue weighted by molar-refractivity contribution is -0.139. The van der Waals surface area contributed by atoms with Crippen molar-refractivity contribution in [3.63, 3.8) is 0 Å². The van der Waals surface area contributed by atoms with Gasteiger partial charge in [-0.2, -0.15) is 0 Å². The summed E-state index contributed by atoms with van der Waals surface area (Å²) in [6.07, 6.45) is 2.13. The van der Waals surface area contributed by atoms with Gasteiger partial charge in [-0.15, -0.1) is 0 Å². The predicted octanol–water partition coefficient (Wildman–Crippen LogP) is 2.84. The smallest absolute Gasteiger partial charge is 0.325 e. The molecule has 1 atom stereocenters. The average molecular weight is 235 g/mol. The van der Waals surface area contributed by atoms with Gasteiger partial charge in [-0.25, -0.2) is 0 Å². The van der Waals surface area contributed by atoms with E-state index in [4.69, 9.17) is 0 Å². The first-order valence-corrected chi connectivity index (χ1v) is 6.12. The molecule has 17 heavy (non-hydrogen) atoms. The molecule has 1 rings (SSSR count). The van der Waals surface area contributed by atoms with Crippen molar-refractivity contribution in [2.45, 2.75) is 32.7 Å².